The molecule has 4 rings (SSSR count). The molecule has 0 bridgehead atoms. The smallest absolute Gasteiger partial charge is 0.252 e. The van der Waals surface area contributed by atoms with E-state index in [1.54, 1.807) is 31.4 Å². The minimum absolute atomic E-state index is 0.0431. The standard InChI is InChI=1S/C27H35N3O3/c1-33-24-13-11-23(12-14-24)26(31)28-25(22-9-3-2-4-10-22)27(32)30-19-17-29(18-20-30)16-15-21-7-5-6-8-21/h2-4,9-14,21,25H,5-8,15-20H2,1H3,(H,28,31)/t25-/m1/s1. The molecule has 1 atom stereocenters. The third-order valence-corrected chi connectivity index (χ3v) is 7.02. The summed E-state index contributed by atoms with van der Waals surface area (Å²) < 4.78 is 5.18. The zero-order chi connectivity index (χ0) is 23.0. The second-order valence-electron chi connectivity index (χ2n) is 9.15. The average molecular weight is 450 g/mol. The summed E-state index contributed by atoms with van der Waals surface area (Å²) in [6, 6.07) is 15.7. The van der Waals surface area contributed by atoms with Crippen molar-refractivity contribution < 1.29 is 14.3 Å². The number of piperazine rings is 1. The first-order valence-corrected chi connectivity index (χ1v) is 12.1. The van der Waals surface area contributed by atoms with Gasteiger partial charge >= 0.3 is 0 Å². The molecule has 1 saturated carbocycles. The minimum Gasteiger partial charge on any atom is -0.497 e. The highest BCUT2D eigenvalue weighted by Crippen LogP contribution is 2.28. The SMILES string of the molecule is COc1ccc(C(=O)N[C@@H](C(=O)N2CCN(CCC3CCCC3)CC2)c2ccccc2)cc1. The molecule has 6 nitrogen and oxygen atoms in total. The molecule has 2 aromatic rings. The minimum atomic E-state index is -0.703. The van der Waals surface area contributed by atoms with Gasteiger partial charge in [-0.05, 0) is 48.7 Å². The van der Waals surface area contributed by atoms with Crippen molar-refractivity contribution in [3.05, 3.63) is 65.7 Å². The lowest BCUT2D eigenvalue weighted by Gasteiger charge is -2.37. The van der Waals surface area contributed by atoms with E-state index in [2.05, 4.69) is 10.2 Å². The Hall–Kier alpha value is -2.86. The van der Waals surface area contributed by atoms with Crippen LogP contribution in [0.25, 0.3) is 0 Å². The van der Waals surface area contributed by atoms with Gasteiger partial charge in [-0.25, -0.2) is 0 Å². The molecule has 1 saturated heterocycles. The predicted octanol–water partition coefficient (Wildman–Crippen LogP) is 3.89. The molecule has 1 heterocycles. The van der Waals surface area contributed by atoms with Crippen molar-refractivity contribution >= 4 is 11.8 Å². The molecule has 1 aliphatic heterocycles. The molecular formula is C27H35N3O3. The van der Waals surface area contributed by atoms with E-state index in [9.17, 15) is 9.59 Å². The van der Waals surface area contributed by atoms with Crippen molar-refractivity contribution in [1.29, 1.82) is 0 Å². The normalized spacial score (nSPS) is 18.2. The van der Waals surface area contributed by atoms with Gasteiger partial charge in [0.05, 0.1) is 7.11 Å². The Labute approximate surface area is 196 Å². The first-order valence-electron chi connectivity index (χ1n) is 12.1. The van der Waals surface area contributed by atoms with Gasteiger partial charge in [0, 0.05) is 31.7 Å². The summed E-state index contributed by atoms with van der Waals surface area (Å²) in [6.07, 6.45) is 6.81. The fourth-order valence-electron chi connectivity index (χ4n) is 4.93. The van der Waals surface area contributed by atoms with Gasteiger partial charge in [-0.3, -0.25) is 14.5 Å². The third-order valence-electron chi connectivity index (χ3n) is 7.02. The molecule has 0 aromatic heterocycles. The summed E-state index contributed by atoms with van der Waals surface area (Å²) in [6.45, 7) is 4.32. The molecule has 1 N–H and O–H groups in total. The number of benzene rings is 2. The maximum Gasteiger partial charge on any atom is 0.252 e. The van der Waals surface area contributed by atoms with Crippen LogP contribution in [0.4, 0.5) is 0 Å². The van der Waals surface area contributed by atoms with Crippen LogP contribution in [0.2, 0.25) is 0 Å². The van der Waals surface area contributed by atoms with Crippen LogP contribution in [0.5, 0.6) is 5.75 Å². The van der Waals surface area contributed by atoms with E-state index in [1.165, 1.54) is 32.1 Å². The molecule has 2 aromatic carbocycles. The molecular weight excluding hydrogens is 414 g/mol. The molecule has 33 heavy (non-hydrogen) atoms. The molecule has 1 aliphatic carbocycles. The molecule has 0 unspecified atom stereocenters. The summed E-state index contributed by atoms with van der Waals surface area (Å²) >= 11 is 0. The van der Waals surface area contributed by atoms with Crippen LogP contribution >= 0.6 is 0 Å². The maximum atomic E-state index is 13.5. The molecule has 2 amide bonds. The number of carbonyl (C=O) groups is 2. The lowest BCUT2D eigenvalue weighted by atomic mass is 10.0. The van der Waals surface area contributed by atoms with Crippen LogP contribution < -0.4 is 10.1 Å². The number of rotatable bonds is 8. The van der Waals surface area contributed by atoms with E-state index in [0.717, 1.165) is 31.1 Å². The number of carbonyl (C=O) groups excluding carboxylic acids is 2. The second kappa shape index (κ2) is 11.3. The van der Waals surface area contributed by atoms with Crippen LogP contribution in [0.1, 0.15) is 54.1 Å². The van der Waals surface area contributed by atoms with E-state index in [-0.39, 0.29) is 11.8 Å². The maximum absolute atomic E-state index is 13.5. The number of ether oxygens (including phenoxy) is 1. The predicted molar refractivity (Wildman–Crippen MR) is 129 cm³/mol. The summed E-state index contributed by atoms with van der Waals surface area (Å²) in [7, 11) is 1.59. The average Bonchev–Trinajstić information content (AvgIpc) is 3.40. The quantitative estimate of drug-likeness (QED) is 0.664. The molecule has 2 aliphatic rings. The Morgan fingerprint density at radius 3 is 2.27 bits per heavy atom. The Balaban J connectivity index is 1.38. The number of hydrogen-bond donors (Lipinski definition) is 1. The molecule has 6 heteroatoms. The molecule has 176 valence electrons. The Morgan fingerprint density at radius 1 is 0.970 bits per heavy atom. The van der Waals surface area contributed by atoms with Gasteiger partial charge in [0.1, 0.15) is 11.8 Å². The van der Waals surface area contributed by atoms with Gasteiger partial charge in [-0.15, -0.1) is 0 Å². The second-order valence-corrected chi connectivity index (χ2v) is 9.15. The Morgan fingerprint density at radius 2 is 1.64 bits per heavy atom. The number of methoxy groups -OCH3 is 1. The van der Waals surface area contributed by atoms with Gasteiger partial charge in [0.25, 0.3) is 5.91 Å². The highest BCUT2D eigenvalue weighted by Gasteiger charge is 2.30. The Kier molecular flexibility index (Phi) is 8.00. The number of hydrogen-bond acceptors (Lipinski definition) is 4. The fourth-order valence-corrected chi connectivity index (χ4v) is 4.93. The fraction of sp³-hybridized carbons (Fsp3) is 0.481. The van der Waals surface area contributed by atoms with Gasteiger partial charge in [-0.2, -0.15) is 0 Å². The number of amides is 2. The number of nitrogens with zero attached hydrogens (tertiary/aromatic N) is 2. The van der Waals surface area contributed by atoms with Crippen LogP contribution in [0.3, 0.4) is 0 Å². The van der Waals surface area contributed by atoms with Crippen LogP contribution in [-0.4, -0.2) is 61.4 Å². The van der Waals surface area contributed by atoms with E-state index in [0.29, 0.717) is 24.4 Å². The van der Waals surface area contributed by atoms with Crippen LogP contribution in [-0.2, 0) is 4.79 Å². The monoisotopic (exact) mass is 449 g/mol. The van der Waals surface area contributed by atoms with Crippen LogP contribution in [0, 0.1) is 5.92 Å². The number of nitrogens with one attached hydrogen (secondary N) is 1. The van der Waals surface area contributed by atoms with Gasteiger partial charge in [0.15, 0.2) is 0 Å². The lowest BCUT2D eigenvalue weighted by molar-refractivity contribution is -0.135. The zero-order valence-corrected chi connectivity index (χ0v) is 19.5. The molecule has 0 radical (unpaired) electrons. The van der Waals surface area contributed by atoms with Crippen molar-refractivity contribution in [2.45, 2.75) is 38.1 Å². The van der Waals surface area contributed by atoms with Crippen LogP contribution in [0.15, 0.2) is 54.6 Å². The molecule has 0 spiro atoms. The van der Waals surface area contributed by atoms with E-state index >= 15 is 0 Å². The van der Waals surface area contributed by atoms with Crippen molar-refractivity contribution in [3.63, 3.8) is 0 Å². The first kappa shape index (κ1) is 23.3. The van der Waals surface area contributed by atoms with E-state index < -0.39 is 6.04 Å². The summed E-state index contributed by atoms with van der Waals surface area (Å²) in [5, 5.41) is 2.97. The lowest BCUT2D eigenvalue weighted by Crippen LogP contribution is -2.52. The first-order chi connectivity index (χ1) is 16.1. The van der Waals surface area contributed by atoms with Crippen molar-refractivity contribution in [3.8, 4) is 5.75 Å². The van der Waals surface area contributed by atoms with Crippen molar-refractivity contribution in [2.75, 3.05) is 39.8 Å². The Bertz CT molecular complexity index is 902. The van der Waals surface area contributed by atoms with E-state index in [1.807, 2.05) is 35.2 Å². The topological polar surface area (TPSA) is 61.9 Å². The summed E-state index contributed by atoms with van der Waals surface area (Å²) in [5.74, 6) is 1.27. The highest BCUT2D eigenvalue weighted by atomic mass is 16.5. The van der Waals surface area contributed by atoms with Crippen molar-refractivity contribution in [1.82, 2.24) is 15.1 Å². The third kappa shape index (κ3) is 6.14. The highest BCUT2D eigenvalue weighted by molar-refractivity contribution is 5.98. The van der Waals surface area contributed by atoms with E-state index in [4.69, 9.17) is 4.74 Å². The van der Waals surface area contributed by atoms with Gasteiger partial charge < -0.3 is 15.0 Å². The summed E-state index contributed by atoms with van der Waals surface area (Å²) in [5.41, 5.74) is 1.30. The largest absolute Gasteiger partial charge is 0.497 e. The van der Waals surface area contributed by atoms with Gasteiger partial charge in [0.2, 0.25) is 5.91 Å². The van der Waals surface area contributed by atoms with Crippen molar-refractivity contribution in [2.24, 2.45) is 5.92 Å². The zero-order valence-electron chi connectivity index (χ0n) is 19.5. The summed E-state index contributed by atoms with van der Waals surface area (Å²) in [4.78, 5) is 30.8. The van der Waals surface area contributed by atoms with Gasteiger partial charge in [-0.1, -0.05) is 56.0 Å². The molecule has 2 fully saturated rings.